The summed E-state index contributed by atoms with van der Waals surface area (Å²) in [4.78, 5) is 14.8. The van der Waals surface area contributed by atoms with Gasteiger partial charge in [-0.1, -0.05) is 0 Å². The van der Waals surface area contributed by atoms with E-state index in [1.54, 1.807) is 7.05 Å². The minimum Gasteiger partial charge on any atom is -0.494 e. The Bertz CT molecular complexity index is 608. The van der Waals surface area contributed by atoms with E-state index < -0.39 is 11.6 Å². The monoisotopic (exact) mass is 252 g/mol. The summed E-state index contributed by atoms with van der Waals surface area (Å²) < 4.78 is 33.5. The van der Waals surface area contributed by atoms with Gasteiger partial charge in [0, 0.05) is 18.7 Å². The van der Waals surface area contributed by atoms with E-state index in [2.05, 4.69) is 9.72 Å². The van der Waals surface area contributed by atoms with Crippen molar-refractivity contribution in [2.24, 2.45) is 7.05 Å². The standard InChI is InChI=1S/C12H10F2N2O2/c1-16-6-15-12(10(16)5-17)7-3-9(14)11(18-2)4-8(7)13/h3-6H,1-2H3. The van der Waals surface area contributed by atoms with Crippen LogP contribution in [0.15, 0.2) is 18.5 Å². The molecule has 0 spiro atoms. The third kappa shape index (κ3) is 1.85. The highest BCUT2D eigenvalue weighted by molar-refractivity contribution is 5.84. The van der Waals surface area contributed by atoms with E-state index in [-0.39, 0.29) is 22.7 Å². The topological polar surface area (TPSA) is 44.1 Å². The summed E-state index contributed by atoms with van der Waals surface area (Å²) in [7, 11) is 2.84. The second-order valence-electron chi connectivity index (χ2n) is 3.67. The van der Waals surface area contributed by atoms with Gasteiger partial charge < -0.3 is 9.30 Å². The first-order valence-electron chi connectivity index (χ1n) is 5.08. The lowest BCUT2D eigenvalue weighted by atomic mass is 10.1. The average Bonchev–Trinajstić information content (AvgIpc) is 2.72. The van der Waals surface area contributed by atoms with Gasteiger partial charge in [-0.05, 0) is 6.07 Å². The number of aromatic nitrogens is 2. The Hall–Kier alpha value is -2.24. The highest BCUT2D eigenvalue weighted by Crippen LogP contribution is 2.29. The van der Waals surface area contributed by atoms with E-state index in [0.717, 1.165) is 12.1 Å². The van der Waals surface area contributed by atoms with Crippen LogP contribution in [0, 0.1) is 11.6 Å². The fraction of sp³-hybridized carbons (Fsp3) is 0.167. The minimum absolute atomic E-state index is 0.0731. The number of nitrogens with zero attached hydrogens (tertiary/aromatic N) is 2. The fourth-order valence-electron chi connectivity index (χ4n) is 1.65. The molecule has 18 heavy (non-hydrogen) atoms. The summed E-state index contributed by atoms with van der Waals surface area (Å²) in [6.45, 7) is 0. The molecule has 0 atom stereocenters. The molecule has 0 saturated heterocycles. The second-order valence-corrected chi connectivity index (χ2v) is 3.67. The van der Waals surface area contributed by atoms with Crippen LogP contribution in [0.5, 0.6) is 5.75 Å². The smallest absolute Gasteiger partial charge is 0.168 e. The number of carbonyl (C=O) groups excluding carboxylic acids is 1. The Balaban J connectivity index is 2.64. The minimum atomic E-state index is -0.712. The highest BCUT2D eigenvalue weighted by Gasteiger charge is 2.17. The van der Waals surface area contributed by atoms with E-state index in [1.165, 1.54) is 18.0 Å². The van der Waals surface area contributed by atoms with Gasteiger partial charge in [-0.25, -0.2) is 13.8 Å². The number of benzene rings is 1. The maximum Gasteiger partial charge on any atom is 0.168 e. The molecule has 6 heteroatoms. The maximum absolute atomic E-state index is 13.8. The summed E-state index contributed by atoms with van der Waals surface area (Å²) in [5.41, 5.74) is 0.209. The zero-order valence-electron chi connectivity index (χ0n) is 9.78. The van der Waals surface area contributed by atoms with E-state index >= 15 is 0 Å². The first-order chi connectivity index (χ1) is 8.58. The van der Waals surface area contributed by atoms with Gasteiger partial charge in [0.2, 0.25) is 0 Å². The number of hydrogen-bond donors (Lipinski definition) is 0. The van der Waals surface area contributed by atoms with Crippen molar-refractivity contribution in [3.05, 3.63) is 35.8 Å². The summed E-state index contributed by atoms with van der Waals surface area (Å²) in [6, 6.07) is 1.89. The van der Waals surface area contributed by atoms with E-state index in [1.807, 2.05) is 0 Å². The van der Waals surface area contributed by atoms with Crippen LogP contribution < -0.4 is 4.74 Å². The first-order valence-corrected chi connectivity index (χ1v) is 5.08. The van der Waals surface area contributed by atoms with Crippen LogP contribution in [-0.2, 0) is 7.05 Å². The Morgan fingerprint density at radius 1 is 1.33 bits per heavy atom. The molecule has 2 rings (SSSR count). The Kier molecular flexibility index (Phi) is 3.10. The predicted molar refractivity (Wildman–Crippen MR) is 60.5 cm³/mol. The Morgan fingerprint density at radius 3 is 2.67 bits per heavy atom. The summed E-state index contributed by atoms with van der Waals surface area (Å²) in [6.07, 6.45) is 1.91. The molecule has 2 aromatic rings. The van der Waals surface area contributed by atoms with Crippen molar-refractivity contribution in [3.8, 4) is 17.0 Å². The van der Waals surface area contributed by atoms with Crippen molar-refractivity contribution < 1.29 is 18.3 Å². The summed E-state index contributed by atoms with van der Waals surface area (Å²) >= 11 is 0. The number of aldehydes is 1. The fourth-order valence-corrected chi connectivity index (χ4v) is 1.65. The van der Waals surface area contributed by atoms with E-state index in [0.29, 0.717) is 6.29 Å². The van der Waals surface area contributed by atoms with Gasteiger partial charge in [0.25, 0.3) is 0 Å². The summed E-state index contributed by atoms with van der Waals surface area (Å²) in [5, 5.41) is 0. The van der Waals surface area contributed by atoms with Crippen LogP contribution in [0.2, 0.25) is 0 Å². The molecule has 0 radical (unpaired) electrons. The van der Waals surface area contributed by atoms with Gasteiger partial charge in [-0.3, -0.25) is 4.79 Å². The molecule has 0 unspecified atom stereocenters. The molecule has 4 nitrogen and oxygen atoms in total. The van der Waals surface area contributed by atoms with Gasteiger partial charge in [0.1, 0.15) is 17.2 Å². The number of carbonyl (C=O) groups is 1. The molecule has 0 saturated carbocycles. The number of aryl methyl sites for hydroxylation is 1. The molecule has 0 aliphatic rings. The first kappa shape index (κ1) is 12.2. The molecule has 1 aromatic heterocycles. The number of halogens is 2. The third-order valence-corrected chi connectivity index (χ3v) is 2.59. The van der Waals surface area contributed by atoms with E-state index in [9.17, 15) is 13.6 Å². The number of rotatable bonds is 3. The zero-order chi connectivity index (χ0) is 13.3. The van der Waals surface area contributed by atoms with Gasteiger partial charge >= 0.3 is 0 Å². The number of hydrogen-bond acceptors (Lipinski definition) is 3. The molecule has 0 amide bonds. The molecule has 0 fully saturated rings. The van der Waals surface area contributed by atoms with Gasteiger partial charge in [-0.2, -0.15) is 0 Å². The van der Waals surface area contributed by atoms with Crippen LogP contribution in [0.3, 0.4) is 0 Å². The van der Waals surface area contributed by atoms with Crippen LogP contribution in [0.4, 0.5) is 8.78 Å². The SMILES string of the molecule is COc1cc(F)c(-c2ncn(C)c2C=O)cc1F. The van der Waals surface area contributed by atoms with E-state index in [4.69, 9.17) is 0 Å². The van der Waals surface area contributed by atoms with Gasteiger partial charge in [-0.15, -0.1) is 0 Å². The largest absolute Gasteiger partial charge is 0.494 e. The average molecular weight is 252 g/mol. The number of ether oxygens (including phenoxy) is 1. The van der Waals surface area contributed by atoms with Crippen molar-refractivity contribution in [2.75, 3.05) is 7.11 Å². The molecular weight excluding hydrogens is 242 g/mol. The zero-order valence-corrected chi connectivity index (χ0v) is 9.78. The lowest BCUT2D eigenvalue weighted by Crippen LogP contribution is -1.97. The molecule has 94 valence electrons. The predicted octanol–water partition coefficient (Wildman–Crippen LogP) is 2.19. The van der Waals surface area contributed by atoms with Crippen LogP contribution in [0.25, 0.3) is 11.3 Å². The van der Waals surface area contributed by atoms with Crippen LogP contribution >= 0.6 is 0 Å². The summed E-state index contributed by atoms with van der Waals surface area (Å²) in [5.74, 6) is -1.61. The van der Waals surface area contributed by atoms with Gasteiger partial charge in [0.15, 0.2) is 17.9 Å². The number of imidazole rings is 1. The molecule has 1 aromatic carbocycles. The quantitative estimate of drug-likeness (QED) is 0.786. The van der Waals surface area contributed by atoms with Gasteiger partial charge in [0.05, 0.1) is 13.4 Å². The molecule has 0 aliphatic heterocycles. The third-order valence-electron chi connectivity index (χ3n) is 2.59. The lowest BCUT2D eigenvalue weighted by molar-refractivity contribution is 0.111. The number of methoxy groups -OCH3 is 1. The van der Waals surface area contributed by atoms with Crippen molar-refractivity contribution >= 4 is 6.29 Å². The van der Waals surface area contributed by atoms with Crippen molar-refractivity contribution in [1.29, 1.82) is 0 Å². The van der Waals surface area contributed by atoms with Crippen molar-refractivity contribution in [2.45, 2.75) is 0 Å². The Labute approximate surface area is 102 Å². The molecule has 0 aliphatic carbocycles. The van der Waals surface area contributed by atoms with Crippen molar-refractivity contribution in [1.82, 2.24) is 9.55 Å². The second kappa shape index (κ2) is 4.56. The molecule has 0 bridgehead atoms. The maximum atomic E-state index is 13.8. The van der Waals surface area contributed by atoms with Crippen LogP contribution in [0.1, 0.15) is 10.5 Å². The molecule has 1 heterocycles. The molecule has 0 N–H and O–H groups in total. The lowest BCUT2D eigenvalue weighted by Gasteiger charge is -2.06. The highest BCUT2D eigenvalue weighted by atomic mass is 19.1. The Morgan fingerprint density at radius 2 is 2.06 bits per heavy atom. The van der Waals surface area contributed by atoms with Crippen LogP contribution in [-0.4, -0.2) is 22.9 Å². The normalized spacial score (nSPS) is 10.4. The molecular formula is C12H10F2N2O2. The van der Waals surface area contributed by atoms with Crippen molar-refractivity contribution in [3.63, 3.8) is 0 Å².